The van der Waals surface area contributed by atoms with E-state index in [-0.39, 0.29) is 0 Å². The molecule has 94 valence electrons. The maximum atomic E-state index is 8.34. The molecule has 0 atom stereocenters. The van der Waals surface area contributed by atoms with Crippen LogP contribution in [0, 0.1) is 0 Å². The maximum absolute atomic E-state index is 8.34. The highest BCUT2D eigenvalue weighted by Crippen LogP contribution is 2.11. The van der Waals surface area contributed by atoms with Gasteiger partial charge in [-0.15, -0.1) is 11.8 Å². The second kappa shape index (κ2) is 8.63. The van der Waals surface area contributed by atoms with Crippen molar-refractivity contribution in [1.82, 2.24) is 0 Å². The van der Waals surface area contributed by atoms with Gasteiger partial charge in [0.05, 0.1) is 0 Å². The third-order valence-corrected chi connectivity index (χ3v) is 2.71. The van der Waals surface area contributed by atoms with Gasteiger partial charge in [0.2, 0.25) is 0 Å². The minimum Gasteiger partial charge on any atom is -0.512 e. The molecule has 2 aromatic carbocycles. The summed E-state index contributed by atoms with van der Waals surface area (Å²) in [5, 5.41) is 16.7. The molecule has 18 heavy (non-hydrogen) atoms. The van der Waals surface area contributed by atoms with Crippen LogP contribution in [-0.2, 0) is 0 Å². The number of thioether (sulfide) groups is 1. The summed E-state index contributed by atoms with van der Waals surface area (Å²) >= 11 is 1.77. The molecule has 0 aliphatic heterocycles. The Balaban J connectivity index is 0.000000184. The van der Waals surface area contributed by atoms with E-state index in [1.165, 1.54) is 4.90 Å². The number of rotatable bonds is 3. The van der Waals surface area contributed by atoms with Gasteiger partial charge in [-0.25, -0.2) is 0 Å². The molecule has 0 saturated heterocycles. The average molecular weight is 262 g/mol. The van der Waals surface area contributed by atoms with E-state index in [0.717, 1.165) is 0 Å². The molecular weight excluding hydrogens is 247 g/mol. The number of hydrogen-bond donors (Lipinski definition) is 2. The predicted octanol–water partition coefficient (Wildman–Crippen LogP) is 2.44. The number of para-hydroxylation sites is 1. The SMILES string of the molecule is CSc1ccccc1.OB(O)Oc1ccccc1. The van der Waals surface area contributed by atoms with E-state index in [4.69, 9.17) is 10.0 Å². The molecule has 0 aromatic heterocycles. The van der Waals surface area contributed by atoms with Gasteiger partial charge in [0.25, 0.3) is 0 Å². The highest BCUT2D eigenvalue weighted by atomic mass is 32.2. The van der Waals surface area contributed by atoms with Crippen LogP contribution in [0.15, 0.2) is 65.6 Å². The Morgan fingerprint density at radius 2 is 1.39 bits per heavy atom. The van der Waals surface area contributed by atoms with Gasteiger partial charge in [-0.1, -0.05) is 36.4 Å². The minimum absolute atomic E-state index is 0.442. The molecule has 0 aliphatic rings. The Morgan fingerprint density at radius 1 is 0.889 bits per heavy atom. The van der Waals surface area contributed by atoms with Gasteiger partial charge in [-0.3, -0.25) is 0 Å². The van der Waals surface area contributed by atoms with Gasteiger partial charge in [0, 0.05) is 4.90 Å². The molecule has 0 aliphatic carbocycles. The van der Waals surface area contributed by atoms with E-state index in [9.17, 15) is 0 Å². The van der Waals surface area contributed by atoms with Crippen LogP contribution < -0.4 is 4.65 Å². The van der Waals surface area contributed by atoms with Crippen molar-refractivity contribution in [2.45, 2.75) is 4.90 Å². The summed E-state index contributed by atoms with van der Waals surface area (Å²) in [6.45, 7) is 0. The van der Waals surface area contributed by atoms with Gasteiger partial charge in [0.1, 0.15) is 5.75 Å². The summed E-state index contributed by atoms with van der Waals surface area (Å²) in [7, 11) is -1.73. The monoisotopic (exact) mass is 262 g/mol. The van der Waals surface area contributed by atoms with Crippen molar-refractivity contribution >= 4 is 19.1 Å². The van der Waals surface area contributed by atoms with Crippen molar-refractivity contribution < 1.29 is 14.7 Å². The number of hydrogen-bond acceptors (Lipinski definition) is 4. The van der Waals surface area contributed by atoms with Gasteiger partial charge in [0.15, 0.2) is 0 Å². The molecule has 0 heterocycles. The largest absolute Gasteiger partial charge is 0.707 e. The average Bonchev–Trinajstić information content (AvgIpc) is 2.41. The first-order valence-electron chi connectivity index (χ1n) is 5.39. The zero-order valence-corrected chi connectivity index (χ0v) is 10.9. The van der Waals surface area contributed by atoms with Crippen LogP contribution in [0.5, 0.6) is 5.75 Å². The molecule has 0 amide bonds. The summed E-state index contributed by atoms with van der Waals surface area (Å²) in [6, 6.07) is 18.9. The second-order valence-electron chi connectivity index (χ2n) is 3.27. The highest BCUT2D eigenvalue weighted by molar-refractivity contribution is 7.98. The lowest BCUT2D eigenvalue weighted by Gasteiger charge is -2.01. The third-order valence-electron chi connectivity index (χ3n) is 1.96. The molecule has 0 unspecified atom stereocenters. The van der Waals surface area contributed by atoms with E-state index in [1.54, 1.807) is 36.0 Å². The summed E-state index contributed by atoms with van der Waals surface area (Å²) in [4.78, 5) is 1.33. The van der Waals surface area contributed by atoms with Gasteiger partial charge in [-0.05, 0) is 30.5 Å². The standard InChI is InChI=1S/C7H8S.C6H7BO3/c1-8-7-5-3-2-4-6-7;8-7(9)10-6-4-2-1-3-5-6/h2-6H,1H3;1-5,8-9H. The third kappa shape index (κ3) is 6.34. The van der Waals surface area contributed by atoms with E-state index in [0.29, 0.717) is 5.75 Å². The second-order valence-corrected chi connectivity index (χ2v) is 4.15. The maximum Gasteiger partial charge on any atom is 0.707 e. The highest BCUT2D eigenvalue weighted by Gasteiger charge is 2.09. The molecule has 5 heteroatoms. The van der Waals surface area contributed by atoms with Gasteiger partial charge in [-0.2, -0.15) is 0 Å². The van der Waals surface area contributed by atoms with Crippen LogP contribution in [0.1, 0.15) is 0 Å². The van der Waals surface area contributed by atoms with Crippen molar-refractivity contribution in [1.29, 1.82) is 0 Å². The molecule has 2 aromatic rings. The lowest BCUT2D eigenvalue weighted by Crippen LogP contribution is -2.20. The zero-order valence-electron chi connectivity index (χ0n) is 10.1. The first-order valence-corrected chi connectivity index (χ1v) is 6.61. The van der Waals surface area contributed by atoms with Crippen molar-refractivity contribution in [3.63, 3.8) is 0 Å². The van der Waals surface area contributed by atoms with Gasteiger partial charge < -0.3 is 14.7 Å². The first-order chi connectivity index (χ1) is 8.72. The van der Waals surface area contributed by atoms with Crippen LogP contribution in [0.3, 0.4) is 0 Å². The fourth-order valence-corrected chi connectivity index (χ4v) is 1.61. The van der Waals surface area contributed by atoms with E-state index < -0.39 is 7.32 Å². The Kier molecular flexibility index (Phi) is 7.02. The fraction of sp³-hybridized carbons (Fsp3) is 0.0769. The summed E-state index contributed by atoms with van der Waals surface area (Å²) < 4.78 is 4.53. The van der Waals surface area contributed by atoms with Crippen LogP contribution in [-0.4, -0.2) is 23.6 Å². The predicted molar refractivity (Wildman–Crippen MR) is 75.5 cm³/mol. The molecule has 2 rings (SSSR count). The van der Waals surface area contributed by atoms with Gasteiger partial charge >= 0.3 is 7.32 Å². The summed E-state index contributed by atoms with van der Waals surface area (Å²) in [5.41, 5.74) is 0. The van der Waals surface area contributed by atoms with E-state index >= 15 is 0 Å². The Labute approximate surface area is 112 Å². The van der Waals surface area contributed by atoms with Crippen molar-refractivity contribution in [3.8, 4) is 5.75 Å². The van der Waals surface area contributed by atoms with Crippen LogP contribution in [0.25, 0.3) is 0 Å². The van der Waals surface area contributed by atoms with E-state index in [2.05, 4.69) is 23.0 Å². The molecule has 0 saturated carbocycles. The molecule has 0 bridgehead atoms. The molecule has 0 radical (unpaired) electrons. The summed E-state index contributed by atoms with van der Waals surface area (Å²) in [5.74, 6) is 0.442. The van der Waals surface area contributed by atoms with Crippen LogP contribution >= 0.6 is 11.8 Å². The Bertz CT molecular complexity index is 423. The fourth-order valence-electron chi connectivity index (χ4n) is 1.18. The van der Waals surface area contributed by atoms with Crippen molar-refractivity contribution in [2.24, 2.45) is 0 Å². The molecular formula is C13H15BO3S. The minimum atomic E-state index is -1.73. The molecule has 0 spiro atoms. The lowest BCUT2D eigenvalue weighted by atomic mass is 10.2. The van der Waals surface area contributed by atoms with Crippen LogP contribution in [0.2, 0.25) is 0 Å². The van der Waals surface area contributed by atoms with Crippen LogP contribution in [0.4, 0.5) is 0 Å². The molecule has 2 N–H and O–H groups in total. The molecule has 3 nitrogen and oxygen atoms in total. The quantitative estimate of drug-likeness (QED) is 0.659. The lowest BCUT2D eigenvalue weighted by molar-refractivity contribution is 0.288. The number of benzene rings is 2. The topological polar surface area (TPSA) is 49.7 Å². The smallest absolute Gasteiger partial charge is 0.512 e. The Hall–Kier alpha value is -1.43. The van der Waals surface area contributed by atoms with Crippen molar-refractivity contribution in [3.05, 3.63) is 60.7 Å². The van der Waals surface area contributed by atoms with E-state index in [1.807, 2.05) is 24.3 Å². The zero-order chi connectivity index (χ0) is 13.2. The van der Waals surface area contributed by atoms with Crippen molar-refractivity contribution in [2.75, 3.05) is 6.26 Å². The summed E-state index contributed by atoms with van der Waals surface area (Å²) in [6.07, 6.45) is 2.08. The first kappa shape index (κ1) is 14.6. The Morgan fingerprint density at radius 3 is 1.78 bits per heavy atom. The molecule has 0 fully saturated rings. The normalized spacial score (nSPS) is 9.06.